The van der Waals surface area contributed by atoms with Crippen LogP contribution in [-0.2, 0) is 6.42 Å². The minimum absolute atomic E-state index is 0.0450. The number of halogens is 2. The lowest BCUT2D eigenvalue weighted by molar-refractivity contribution is -0.286. The van der Waals surface area contributed by atoms with Crippen molar-refractivity contribution in [3.63, 3.8) is 0 Å². The van der Waals surface area contributed by atoms with Gasteiger partial charge in [0.05, 0.1) is 0 Å². The Morgan fingerprint density at radius 1 is 1.17 bits per heavy atom. The summed E-state index contributed by atoms with van der Waals surface area (Å²) in [6.07, 6.45) is -2.79. The Morgan fingerprint density at radius 2 is 1.83 bits per heavy atom. The molecule has 5 heteroatoms. The molecule has 0 aromatic heterocycles. The Kier molecular flexibility index (Phi) is 3.19. The molecule has 0 aliphatic carbocycles. The maximum absolute atomic E-state index is 12.8. The van der Waals surface area contributed by atoms with Crippen molar-refractivity contribution in [1.82, 2.24) is 5.32 Å². The van der Waals surface area contributed by atoms with Crippen LogP contribution in [0.25, 0.3) is 0 Å². The molecule has 0 bridgehead atoms. The maximum atomic E-state index is 12.8. The van der Waals surface area contributed by atoms with E-state index in [9.17, 15) is 8.78 Å². The van der Waals surface area contributed by atoms with E-state index >= 15 is 0 Å². The van der Waals surface area contributed by atoms with Gasteiger partial charge in [0, 0.05) is 5.54 Å². The van der Waals surface area contributed by atoms with Crippen LogP contribution in [0.2, 0.25) is 0 Å². The number of alkyl halides is 2. The summed E-state index contributed by atoms with van der Waals surface area (Å²) in [6, 6.07) is 4.89. The highest BCUT2D eigenvalue weighted by molar-refractivity contribution is 5.45. The molecule has 0 radical (unpaired) electrons. The van der Waals surface area contributed by atoms with Crippen LogP contribution < -0.4 is 14.8 Å². The van der Waals surface area contributed by atoms with E-state index in [2.05, 4.69) is 35.6 Å². The van der Waals surface area contributed by atoms with Gasteiger partial charge in [0.25, 0.3) is 0 Å². The molecular weight excluding hydrogens is 240 g/mol. The number of fused-ring (bicyclic) bond motifs is 1. The molecule has 0 spiro atoms. The van der Waals surface area contributed by atoms with Crippen LogP contribution in [0, 0.1) is 0 Å². The maximum Gasteiger partial charge on any atom is 0.586 e. The van der Waals surface area contributed by atoms with Crippen LogP contribution in [-0.4, -0.2) is 18.4 Å². The van der Waals surface area contributed by atoms with E-state index in [-0.39, 0.29) is 17.0 Å². The quantitative estimate of drug-likeness (QED) is 0.903. The highest BCUT2D eigenvalue weighted by Crippen LogP contribution is 2.41. The highest BCUT2D eigenvalue weighted by atomic mass is 19.3. The molecule has 1 aliphatic rings. The van der Waals surface area contributed by atoms with Crippen LogP contribution >= 0.6 is 0 Å². The zero-order chi connectivity index (χ0) is 13.4. The van der Waals surface area contributed by atoms with Crippen LogP contribution in [0.5, 0.6) is 11.5 Å². The second-order valence-corrected chi connectivity index (χ2v) is 5.38. The van der Waals surface area contributed by atoms with Crippen molar-refractivity contribution in [3.8, 4) is 11.5 Å². The average Bonchev–Trinajstić information content (AvgIpc) is 2.49. The molecule has 1 aromatic carbocycles. The third-order valence-electron chi connectivity index (χ3n) is 2.53. The topological polar surface area (TPSA) is 30.5 Å². The van der Waals surface area contributed by atoms with E-state index in [0.29, 0.717) is 0 Å². The molecule has 1 aromatic rings. The lowest BCUT2D eigenvalue weighted by atomic mass is 10.1. The summed E-state index contributed by atoms with van der Waals surface area (Å²) in [7, 11) is 0. The van der Waals surface area contributed by atoms with Gasteiger partial charge in [-0.25, -0.2) is 0 Å². The number of hydrogen-bond donors (Lipinski definition) is 1. The van der Waals surface area contributed by atoms with E-state index in [0.717, 1.165) is 18.5 Å². The van der Waals surface area contributed by atoms with Crippen molar-refractivity contribution in [3.05, 3.63) is 23.8 Å². The largest absolute Gasteiger partial charge is 0.586 e. The molecule has 100 valence electrons. The second-order valence-electron chi connectivity index (χ2n) is 5.38. The molecule has 0 unspecified atom stereocenters. The van der Waals surface area contributed by atoms with E-state index in [4.69, 9.17) is 0 Å². The molecule has 0 fully saturated rings. The predicted molar refractivity (Wildman–Crippen MR) is 64.1 cm³/mol. The molecule has 0 saturated carbocycles. The Bertz CT molecular complexity index is 441. The van der Waals surface area contributed by atoms with Gasteiger partial charge in [-0.3, -0.25) is 0 Å². The van der Waals surface area contributed by atoms with Crippen molar-refractivity contribution < 1.29 is 18.3 Å². The molecule has 0 saturated heterocycles. The molecule has 1 N–H and O–H groups in total. The van der Waals surface area contributed by atoms with Crippen molar-refractivity contribution in [2.24, 2.45) is 0 Å². The molecular formula is C13H17F2NO2. The number of rotatable bonds is 3. The van der Waals surface area contributed by atoms with Gasteiger partial charge in [-0.2, -0.15) is 0 Å². The molecule has 3 nitrogen and oxygen atoms in total. The zero-order valence-corrected chi connectivity index (χ0v) is 10.7. The van der Waals surface area contributed by atoms with Gasteiger partial charge in [0.2, 0.25) is 0 Å². The Morgan fingerprint density at radius 3 is 2.50 bits per heavy atom. The van der Waals surface area contributed by atoms with E-state index in [1.54, 1.807) is 12.1 Å². The van der Waals surface area contributed by atoms with Gasteiger partial charge in [-0.15, -0.1) is 8.78 Å². The van der Waals surface area contributed by atoms with Crippen LogP contribution in [0.15, 0.2) is 18.2 Å². The Balaban J connectivity index is 1.97. The summed E-state index contributed by atoms with van der Waals surface area (Å²) in [6.45, 7) is 7.01. The van der Waals surface area contributed by atoms with Crippen LogP contribution in [0.1, 0.15) is 26.3 Å². The summed E-state index contributed by atoms with van der Waals surface area (Å²) in [5, 5.41) is 3.33. The summed E-state index contributed by atoms with van der Waals surface area (Å²) < 4.78 is 34.4. The van der Waals surface area contributed by atoms with Crippen LogP contribution in [0.4, 0.5) is 8.78 Å². The van der Waals surface area contributed by atoms with Gasteiger partial charge in [-0.1, -0.05) is 6.07 Å². The number of benzene rings is 1. The van der Waals surface area contributed by atoms with E-state index in [1.807, 2.05) is 0 Å². The summed E-state index contributed by atoms with van der Waals surface area (Å²) in [5.74, 6) is 0.195. The minimum atomic E-state index is -3.54. The second kappa shape index (κ2) is 4.39. The van der Waals surface area contributed by atoms with Gasteiger partial charge in [-0.05, 0) is 51.4 Å². The van der Waals surface area contributed by atoms with E-state index < -0.39 is 6.29 Å². The van der Waals surface area contributed by atoms with Gasteiger partial charge < -0.3 is 14.8 Å². The highest BCUT2D eigenvalue weighted by Gasteiger charge is 2.43. The Labute approximate surface area is 105 Å². The predicted octanol–water partition coefficient (Wildman–Crippen LogP) is 2.94. The first kappa shape index (κ1) is 13.1. The fraction of sp³-hybridized carbons (Fsp3) is 0.538. The molecule has 2 rings (SSSR count). The Hall–Kier alpha value is -1.36. The van der Waals surface area contributed by atoms with Gasteiger partial charge in [0.1, 0.15) is 0 Å². The lowest BCUT2D eigenvalue weighted by Gasteiger charge is -2.20. The third-order valence-corrected chi connectivity index (χ3v) is 2.53. The average molecular weight is 257 g/mol. The summed E-state index contributed by atoms with van der Waals surface area (Å²) >= 11 is 0. The molecule has 0 atom stereocenters. The fourth-order valence-corrected chi connectivity index (χ4v) is 1.73. The van der Waals surface area contributed by atoms with Crippen molar-refractivity contribution >= 4 is 0 Å². The standard InChI is InChI=1S/C13H17F2NO2/c1-12(2,3)16-7-6-9-4-5-10-11(8-9)18-13(14,15)17-10/h4-5,8,16H,6-7H2,1-3H3. The number of hydrogen-bond acceptors (Lipinski definition) is 3. The smallest absolute Gasteiger partial charge is 0.395 e. The van der Waals surface area contributed by atoms with Gasteiger partial charge in [0.15, 0.2) is 11.5 Å². The minimum Gasteiger partial charge on any atom is -0.395 e. The molecule has 18 heavy (non-hydrogen) atoms. The molecule has 0 amide bonds. The van der Waals surface area contributed by atoms with Crippen LogP contribution in [0.3, 0.4) is 0 Å². The third kappa shape index (κ3) is 3.32. The zero-order valence-electron chi connectivity index (χ0n) is 10.7. The lowest BCUT2D eigenvalue weighted by Crippen LogP contribution is -2.37. The van der Waals surface area contributed by atoms with Gasteiger partial charge >= 0.3 is 6.29 Å². The molecule has 1 heterocycles. The van der Waals surface area contributed by atoms with Crippen molar-refractivity contribution in [2.45, 2.75) is 39.0 Å². The first-order valence-electron chi connectivity index (χ1n) is 5.89. The SMILES string of the molecule is CC(C)(C)NCCc1ccc2c(c1)OC(F)(F)O2. The van der Waals surface area contributed by atoms with E-state index in [1.165, 1.54) is 6.07 Å². The summed E-state index contributed by atoms with van der Waals surface area (Å²) in [4.78, 5) is 0. The monoisotopic (exact) mass is 257 g/mol. The number of ether oxygens (including phenoxy) is 2. The normalized spacial score (nSPS) is 16.9. The fourth-order valence-electron chi connectivity index (χ4n) is 1.73. The first-order valence-corrected chi connectivity index (χ1v) is 5.89. The van der Waals surface area contributed by atoms with Crippen molar-refractivity contribution in [1.29, 1.82) is 0 Å². The molecule has 1 aliphatic heterocycles. The summed E-state index contributed by atoms with van der Waals surface area (Å²) in [5.41, 5.74) is 0.982. The first-order chi connectivity index (χ1) is 8.25. The van der Waals surface area contributed by atoms with Crippen molar-refractivity contribution in [2.75, 3.05) is 6.54 Å². The number of nitrogens with one attached hydrogen (secondary N) is 1.